The maximum absolute atomic E-state index is 15.1. The quantitative estimate of drug-likeness (QED) is 0.309. The highest BCUT2D eigenvalue weighted by Crippen LogP contribution is 2.35. The second-order valence-corrected chi connectivity index (χ2v) is 9.44. The molecule has 4 aromatic heterocycles. The molecular formula is C25H26FN9O3. The average Bonchev–Trinajstić information content (AvgIpc) is 3.67. The molecule has 0 spiro atoms. The van der Waals surface area contributed by atoms with Gasteiger partial charge in [-0.15, -0.1) is 0 Å². The van der Waals surface area contributed by atoms with Crippen molar-refractivity contribution in [3.8, 4) is 11.1 Å². The normalized spacial score (nSPS) is 19.4. The molecule has 1 aliphatic rings. The Bertz CT molecular complexity index is 1620. The predicted molar refractivity (Wildman–Crippen MR) is 137 cm³/mol. The molecule has 0 radical (unpaired) electrons. The molecule has 0 bridgehead atoms. The number of hydrogen-bond acceptors (Lipinski definition) is 8. The summed E-state index contributed by atoms with van der Waals surface area (Å²) in [5.41, 5.74) is 4.04. The molecule has 5 aromatic rings. The Morgan fingerprint density at radius 2 is 2.13 bits per heavy atom. The van der Waals surface area contributed by atoms with Crippen LogP contribution in [0.2, 0.25) is 0 Å². The molecule has 1 fully saturated rings. The predicted octanol–water partition coefficient (Wildman–Crippen LogP) is 3.66. The lowest BCUT2D eigenvalue weighted by atomic mass is 10.1. The number of alkyl carbamates (subject to hydrolysis) is 1. The van der Waals surface area contributed by atoms with E-state index in [4.69, 9.17) is 9.47 Å². The van der Waals surface area contributed by atoms with E-state index in [1.807, 2.05) is 30.1 Å². The number of anilines is 2. The van der Waals surface area contributed by atoms with Gasteiger partial charge in [-0.25, -0.2) is 18.7 Å². The number of halogens is 1. The maximum Gasteiger partial charge on any atom is 0.407 e. The molecule has 5 heterocycles. The highest BCUT2D eigenvalue weighted by Gasteiger charge is 2.42. The molecular weight excluding hydrogens is 493 g/mol. The molecule has 0 saturated carbocycles. The number of carbonyl (C=O) groups excluding carboxylic acids is 1. The molecule has 38 heavy (non-hydrogen) atoms. The van der Waals surface area contributed by atoms with Crippen LogP contribution in [0.15, 0.2) is 49.1 Å². The fourth-order valence-electron chi connectivity index (χ4n) is 4.59. The minimum atomic E-state index is -1.55. The number of nitrogens with zero attached hydrogens (tertiary/aromatic N) is 6. The van der Waals surface area contributed by atoms with Gasteiger partial charge in [-0.05, 0) is 31.5 Å². The van der Waals surface area contributed by atoms with Crippen molar-refractivity contribution in [3.05, 3.63) is 54.7 Å². The summed E-state index contributed by atoms with van der Waals surface area (Å²) < 4.78 is 29.4. The SMILES string of the molecule is CC(C)NC(=O)O[C@H]1CO[C@@H](c2cc(Nc3nccn4ncc(-c5ccc6c(cnn6C)c5)c34)n[nH]2)[C@@H]1F. The Balaban J connectivity index is 1.23. The zero-order valence-electron chi connectivity index (χ0n) is 20.9. The minimum absolute atomic E-state index is 0.0551. The summed E-state index contributed by atoms with van der Waals surface area (Å²) in [4.78, 5) is 16.4. The van der Waals surface area contributed by atoms with Crippen molar-refractivity contribution in [3.63, 3.8) is 0 Å². The second-order valence-electron chi connectivity index (χ2n) is 9.44. The van der Waals surface area contributed by atoms with Crippen molar-refractivity contribution >= 4 is 34.1 Å². The number of benzene rings is 1. The van der Waals surface area contributed by atoms with Gasteiger partial charge in [-0.3, -0.25) is 9.78 Å². The third kappa shape index (κ3) is 4.30. The molecule has 6 rings (SSSR count). The topological polar surface area (TPSA) is 136 Å². The summed E-state index contributed by atoms with van der Waals surface area (Å²) in [6.45, 7) is 3.53. The van der Waals surface area contributed by atoms with Crippen LogP contribution in [-0.2, 0) is 16.5 Å². The fourth-order valence-corrected chi connectivity index (χ4v) is 4.59. The lowest BCUT2D eigenvalue weighted by Gasteiger charge is -2.16. The van der Waals surface area contributed by atoms with Crippen LogP contribution in [-0.4, -0.2) is 65.6 Å². The summed E-state index contributed by atoms with van der Waals surface area (Å²) in [6.07, 6.45) is 2.81. The van der Waals surface area contributed by atoms with Gasteiger partial charge in [-0.2, -0.15) is 15.3 Å². The van der Waals surface area contributed by atoms with E-state index in [1.165, 1.54) is 0 Å². The number of ether oxygens (including phenoxy) is 2. The van der Waals surface area contributed by atoms with E-state index in [2.05, 4.69) is 42.1 Å². The number of hydrogen-bond donors (Lipinski definition) is 3. The van der Waals surface area contributed by atoms with Crippen LogP contribution in [0.3, 0.4) is 0 Å². The van der Waals surface area contributed by atoms with Gasteiger partial charge in [0.2, 0.25) is 0 Å². The molecule has 1 aliphatic heterocycles. The monoisotopic (exact) mass is 519 g/mol. The molecule has 1 aromatic carbocycles. The van der Waals surface area contributed by atoms with E-state index in [9.17, 15) is 4.79 Å². The fraction of sp³-hybridized carbons (Fsp3) is 0.320. The first-order chi connectivity index (χ1) is 18.4. The van der Waals surface area contributed by atoms with Gasteiger partial charge >= 0.3 is 6.09 Å². The van der Waals surface area contributed by atoms with Crippen molar-refractivity contribution in [1.82, 2.24) is 39.9 Å². The number of aryl methyl sites for hydroxylation is 1. The number of amides is 1. The first-order valence-corrected chi connectivity index (χ1v) is 12.2. The number of fused-ring (bicyclic) bond motifs is 2. The van der Waals surface area contributed by atoms with E-state index < -0.39 is 24.5 Å². The van der Waals surface area contributed by atoms with Gasteiger partial charge in [0, 0.05) is 42.5 Å². The zero-order chi connectivity index (χ0) is 26.4. The highest BCUT2D eigenvalue weighted by atomic mass is 19.1. The van der Waals surface area contributed by atoms with Crippen molar-refractivity contribution in [2.75, 3.05) is 11.9 Å². The summed E-state index contributed by atoms with van der Waals surface area (Å²) >= 11 is 0. The van der Waals surface area contributed by atoms with Gasteiger partial charge in [0.15, 0.2) is 23.9 Å². The van der Waals surface area contributed by atoms with Gasteiger partial charge in [0.05, 0.1) is 30.2 Å². The van der Waals surface area contributed by atoms with E-state index in [-0.39, 0.29) is 12.6 Å². The molecule has 0 unspecified atom stereocenters. The third-order valence-electron chi connectivity index (χ3n) is 6.39. The Hall–Kier alpha value is -4.52. The van der Waals surface area contributed by atoms with Gasteiger partial charge in [-0.1, -0.05) is 6.07 Å². The first kappa shape index (κ1) is 23.9. The highest BCUT2D eigenvalue weighted by molar-refractivity contribution is 5.93. The molecule has 196 valence electrons. The van der Waals surface area contributed by atoms with Crippen LogP contribution < -0.4 is 10.6 Å². The van der Waals surface area contributed by atoms with Crippen LogP contribution in [0.5, 0.6) is 0 Å². The first-order valence-electron chi connectivity index (χ1n) is 12.2. The molecule has 13 heteroatoms. The molecule has 1 amide bonds. The Morgan fingerprint density at radius 3 is 2.97 bits per heavy atom. The number of rotatable bonds is 6. The largest absolute Gasteiger partial charge is 0.441 e. The van der Waals surface area contributed by atoms with Crippen LogP contribution in [0.25, 0.3) is 27.5 Å². The zero-order valence-corrected chi connectivity index (χ0v) is 20.9. The number of alkyl halides is 1. The minimum Gasteiger partial charge on any atom is -0.441 e. The molecule has 3 atom stereocenters. The number of nitrogens with one attached hydrogen (secondary N) is 3. The van der Waals surface area contributed by atoms with Gasteiger partial charge < -0.3 is 20.1 Å². The lowest BCUT2D eigenvalue weighted by Crippen LogP contribution is -2.36. The van der Waals surface area contributed by atoms with Gasteiger partial charge in [0.25, 0.3) is 0 Å². The smallest absolute Gasteiger partial charge is 0.407 e. The van der Waals surface area contributed by atoms with Gasteiger partial charge in [0.1, 0.15) is 11.6 Å². The van der Waals surface area contributed by atoms with Crippen LogP contribution in [0.4, 0.5) is 20.8 Å². The van der Waals surface area contributed by atoms with Crippen molar-refractivity contribution < 1.29 is 18.7 Å². The van der Waals surface area contributed by atoms with Crippen LogP contribution >= 0.6 is 0 Å². The number of carbonyl (C=O) groups is 1. The second kappa shape index (κ2) is 9.41. The molecule has 1 saturated heterocycles. The number of H-pyrrole nitrogens is 1. The summed E-state index contributed by atoms with van der Waals surface area (Å²) in [6, 6.07) is 7.62. The van der Waals surface area contributed by atoms with E-state index in [1.54, 1.807) is 43.0 Å². The van der Waals surface area contributed by atoms with E-state index in [0.717, 1.165) is 27.5 Å². The number of aromatic nitrogens is 7. The summed E-state index contributed by atoms with van der Waals surface area (Å²) in [7, 11) is 1.90. The van der Waals surface area contributed by atoms with Crippen LogP contribution in [0.1, 0.15) is 25.6 Å². The summed E-state index contributed by atoms with van der Waals surface area (Å²) in [5.74, 6) is 0.952. The Morgan fingerprint density at radius 1 is 1.26 bits per heavy atom. The molecule has 3 N–H and O–H groups in total. The van der Waals surface area contributed by atoms with Crippen LogP contribution in [0, 0.1) is 0 Å². The standard InChI is InChI=1S/C25H26FN9O3/c1-13(2)30-25(36)38-19-12-37-23(21(19)26)17-9-20(33-32-17)31-24-22-16(11-29-35(22)7-6-27-24)14-4-5-18-15(8-14)10-28-34(18)3/h4-11,13,19,21,23H,12H2,1-3H3,(H,30,36)(H2,27,31,32,33)/t19-,21+,23-/m0/s1. The third-order valence-corrected chi connectivity index (χ3v) is 6.39. The molecule has 12 nitrogen and oxygen atoms in total. The summed E-state index contributed by atoms with van der Waals surface area (Å²) in [5, 5.41) is 22.7. The number of aromatic amines is 1. The van der Waals surface area contributed by atoms with Crippen molar-refractivity contribution in [2.24, 2.45) is 7.05 Å². The Labute approximate surface area is 216 Å². The van der Waals surface area contributed by atoms with E-state index in [0.29, 0.717) is 17.3 Å². The van der Waals surface area contributed by atoms with E-state index >= 15 is 4.39 Å². The average molecular weight is 520 g/mol. The maximum atomic E-state index is 15.1. The Kier molecular flexibility index (Phi) is 5.91. The lowest BCUT2D eigenvalue weighted by molar-refractivity contribution is 0.0615. The van der Waals surface area contributed by atoms with Crippen molar-refractivity contribution in [2.45, 2.75) is 38.3 Å². The van der Waals surface area contributed by atoms with Crippen molar-refractivity contribution in [1.29, 1.82) is 0 Å². The molecule has 0 aliphatic carbocycles.